The van der Waals surface area contributed by atoms with Gasteiger partial charge in [0, 0.05) is 58.7 Å². The van der Waals surface area contributed by atoms with Crippen LogP contribution < -0.4 is 0 Å². The van der Waals surface area contributed by atoms with Crippen molar-refractivity contribution in [3.05, 3.63) is 35.6 Å². The van der Waals surface area contributed by atoms with Gasteiger partial charge in [-0.05, 0) is 29.5 Å². The lowest BCUT2D eigenvalue weighted by atomic mass is 9.91. The van der Waals surface area contributed by atoms with Crippen LogP contribution in [-0.2, 0) is 16.1 Å². The van der Waals surface area contributed by atoms with E-state index in [0.29, 0.717) is 25.9 Å². The van der Waals surface area contributed by atoms with Crippen LogP contribution in [0.3, 0.4) is 0 Å². The summed E-state index contributed by atoms with van der Waals surface area (Å²) in [5.74, 6) is 0.152. The number of rotatable bonds is 12. The molecule has 33 heavy (non-hydrogen) atoms. The quantitative estimate of drug-likeness (QED) is 0.407. The first-order valence-corrected chi connectivity index (χ1v) is 12.7. The fourth-order valence-corrected chi connectivity index (χ4v) is 4.19. The van der Waals surface area contributed by atoms with Crippen molar-refractivity contribution in [1.82, 2.24) is 14.7 Å². The molecule has 0 spiro atoms. The number of hydrogen-bond acceptors (Lipinski definition) is 3. The Balaban J connectivity index is 1.85. The standard InChI is InChI=1S/C27H44FN3O2/c1-5-6-7-8-9-10-25(32)31(22-23-11-13-24(28)14-12-23)20-17-29-15-18-30(19-16-29)26(33)21-27(2,3)4/h11-14H,5-10,15-22H2,1-4H3. The predicted octanol–water partition coefficient (Wildman–Crippen LogP) is 5.10. The van der Waals surface area contributed by atoms with Crippen molar-refractivity contribution in [3.8, 4) is 0 Å². The van der Waals surface area contributed by atoms with Crippen LogP contribution in [0.15, 0.2) is 24.3 Å². The summed E-state index contributed by atoms with van der Waals surface area (Å²) >= 11 is 0. The van der Waals surface area contributed by atoms with Gasteiger partial charge < -0.3 is 9.80 Å². The van der Waals surface area contributed by atoms with Gasteiger partial charge >= 0.3 is 0 Å². The van der Waals surface area contributed by atoms with E-state index in [1.165, 1.54) is 31.4 Å². The van der Waals surface area contributed by atoms with E-state index in [-0.39, 0.29) is 23.0 Å². The Hall–Kier alpha value is -1.95. The molecule has 0 aromatic heterocycles. The van der Waals surface area contributed by atoms with Gasteiger partial charge in [-0.1, -0.05) is 65.5 Å². The summed E-state index contributed by atoms with van der Waals surface area (Å²) in [6.07, 6.45) is 6.75. The van der Waals surface area contributed by atoms with Crippen LogP contribution in [0.2, 0.25) is 0 Å². The molecule has 0 atom stereocenters. The Kier molecular flexibility index (Phi) is 11.3. The van der Waals surface area contributed by atoms with Crippen molar-refractivity contribution < 1.29 is 14.0 Å². The van der Waals surface area contributed by atoms with Gasteiger partial charge in [0.1, 0.15) is 5.82 Å². The second-order valence-corrected chi connectivity index (χ2v) is 10.6. The van der Waals surface area contributed by atoms with Crippen molar-refractivity contribution in [3.63, 3.8) is 0 Å². The van der Waals surface area contributed by atoms with E-state index < -0.39 is 0 Å². The van der Waals surface area contributed by atoms with Gasteiger partial charge in [0.25, 0.3) is 0 Å². The van der Waals surface area contributed by atoms with Crippen LogP contribution in [0.4, 0.5) is 4.39 Å². The Morgan fingerprint density at radius 2 is 1.61 bits per heavy atom. The molecule has 1 fully saturated rings. The van der Waals surface area contributed by atoms with Crippen molar-refractivity contribution in [2.24, 2.45) is 5.41 Å². The van der Waals surface area contributed by atoms with Gasteiger partial charge in [0.2, 0.25) is 11.8 Å². The van der Waals surface area contributed by atoms with E-state index in [4.69, 9.17) is 0 Å². The molecule has 186 valence electrons. The SMILES string of the molecule is CCCCCCCC(=O)N(CCN1CCN(C(=O)CC(C)(C)C)CC1)Cc1ccc(F)cc1. The lowest BCUT2D eigenvalue weighted by molar-refractivity contribution is -0.134. The fraction of sp³-hybridized carbons (Fsp3) is 0.704. The predicted molar refractivity (Wildman–Crippen MR) is 132 cm³/mol. The highest BCUT2D eigenvalue weighted by molar-refractivity contribution is 5.77. The molecule has 2 amide bonds. The summed E-state index contributed by atoms with van der Waals surface area (Å²) in [4.78, 5) is 31.7. The smallest absolute Gasteiger partial charge is 0.223 e. The first-order valence-electron chi connectivity index (χ1n) is 12.7. The molecule has 0 N–H and O–H groups in total. The maximum Gasteiger partial charge on any atom is 0.223 e. The molecule has 1 aromatic carbocycles. The molecule has 1 aromatic rings. The molecule has 1 saturated heterocycles. The Morgan fingerprint density at radius 1 is 0.970 bits per heavy atom. The van der Waals surface area contributed by atoms with Gasteiger partial charge in [-0.3, -0.25) is 14.5 Å². The lowest BCUT2D eigenvalue weighted by Crippen LogP contribution is -2.51. The number of benzene rings is 1. The summed E-state index contributed by atoms with van der Waals surface area (Å²) in [5, 5.41) is 0. The number of nitrogens with zero attached hydrogens (tertiary/aromatic N) is 3. The Labute approximate surface area is 200 Å². The largest absolute Gasteiger partial charge is 0.340 e. The van der Waals surface area contributed by atoms with Crippen LogP contribution in [0, 0.1) is 11.2 Å². The number of piperazine rings is 1. The third-order valence-electron chi connectivity index (χ3n) is 6.23. The molecule has 0 unspecified atom stereocenters. The van der Waals surface area contributed by atoms with Crippen molar-refractivity contribution >= 4 is 11.8 Å². The van der Waals surface area contributed by atoms with Gasteiger partial charge in [0.05, 0.1) is 0 Å². The monoisotopic (exact) mass is 461 g/mol. The number of amides is 2. The molecule has 2 rings (SSSR count). The molecule has 5 nitrogen and oxygen atoms in total. The van der Waals surface area contributed by atoms with E-state index >= 15 is 0 Å². The minimum Gasteiger partial charge on any atom is -0.340 e. The van der Waals surface area contributed by atoms with Gasteiger partial charge in [-0.15, -0.1) is 0 Å². The first-order chi connectivity index (χ1) is 15.7. The second kappa shape index (κ2) is 13.7. The second-order valence-electron chi connectivity index (χ2n) is 10.6. The summed E-state index contributed by atoms with van der Waals surface area (Å²) in [6.45, 7) is 13.6. The first kappa shape index (κ1) is 27.3. The van der Waals surface area contributed by atoms with Crippen molar-refractivity contribution in [1.29, 1.82) is 0 Å². The van der Waals surface area contributed by atoms with Crippen LogP contribution >= 0.6 is 0 Å². The normalized spacial score (nSPS) is 15.0. The maximum atomic E-state index is 13.3. The third-order valence-corrected chi connectivity index (χ3v) is 6.23. The zero-order valence-corrected chi connectivity index (χ0v) is 21.2. The van der Waals surface area contributed by atoms with Crippen LogP contribution in [-0.4, -0.2) is 65.8 Å². The highest BCUT2D eigenvalue weighted by Gasteiger charge is 2.25. The van der Waals surface area contributed by atoms with Crippen LogP contribution in [0.5, 0.6) is 0 Å². The van der Waals surface area contributed by atoms with Crippen molar-refractivity contribution in [2.75, 3.05) is 39.3 Å². The Bertz CT molecular complexity index is 722. The van der Waals surface area contributed by atoms with Gasteiger partial charge in [-0.2, -0.15) is 0 Å². The zero-order chi connectivity index (χ0) is 24.3. The van der Waals surface area contributed by atoms with Crippen LogP contribution in [0.25, 0.3) is 0 Å². The van der Waals surface area contributed by atoms with Gasteiger partial charge in [0.15, 0.2) is 0 Å². The molecule has 1 aliphatic rings. The molecule has 0 aliphatic carbocycles. The highest BCUT2D eigenvalue weighted by atomic mass is 19.1. The Morgan fingerprint density at radius 3 is 2.21 bits per heavy atom. The van der Waals surface area contributed by atoms with E-state index in [1.54, 1.807) is 12.1 Å². The summed E-state index contributed by atoms with van der Waals surface area (Å²) < 4.78 is 13.3. The molecule has 0 bridgehead atoms. The molecular formula is C27H44FN3O2. The molecule has 1 aliphatic heterocycles. The molecule has 1 heterocycles. The molecule has 0 radical (unpaired) electrons. The number of carbonyl (C=O) groups excluding carboxylic acids is 2. The maximum absolute atomic E-state index is 13.3. The molecule has 0 saturated carbocycles. The third kappa shape index (κ3) is 10.7. The number of halogens is 1. The summed E-state index contributed by atoms with van der Waals surface area (Å²) in [5.41, 5.74) is 0.958. The average molecular weight is 462 g/mol. The minimum atomic E-state index is -0.258. The zero-order valence-electron chi connectivity index (χ0n) is 21.2. The molecule has 6 heteroatoms. The topological polar surface area (TPSA) is 43.9 Å². The highest BCUT2D eigenvalue weighted by Crippen LogP contribution is 2.20. The number of hydrogen-bond donors (Lipinski definition) is 0. The lowest BCUT2D eigenvalue weighted by Gasteiger charge is -2.37. The summed E-state index contributed by atoms with van der Waals surface area (Å²) in [6, 6.07) is 6.43. The van der Waals surface area contributed by atoms with E-state index in [9.17, 15) is 14.0 Å². The summed E-state index contributed by atoms with van der Waals surface area (Å²) in [7, 11) is 0. The van der Waals surface area contributed by atoms with E-state index in [2.05, 4.69) is 32.6 Å². The van der Waals surface area contributed by atoms with Crippen molar-refractivity contribution in [2.45, 2.75) is 79.2 Å². The molecular weight excluding hydrogens is 417 g/mol. The van der Waals surface area contributed by atoms with E-state index in [0.717, 1.165) is 51.1 Å². The van der Waals surface area contributed by atoms with Gasteiger partial charge in [-0.25, -0.2) is 4.39 Å². The number of carbonyl (C=O) groups is 2. The average Bonchev–Trinajstić information content (AvgIpc) is 2.77. The van der Waals surface area contributed by atoms with E-state index in [1.807, 2.05) is 9.80 Å². The fourth-order valence-electron chi connectivity index (χ4n) is 4.19. The van der Waals surface area contributed by atoms with Crippen LogP contribution in [0.1, 0.15) is 78.2 Å². The number of unbranched alkanes of at least 4 members (excludes halogenated alkanes) is 4. The minimum absolute atomic E-state index is 0.00593.